The summed E-state index contributed by atoms with van der Waals surface area (Å²) in [6.07, 6.45) is 2.01. The Bertz CT molecular complexity index is 1520. The minimum Gasteiger partial charge on any atom is -0.455 e. The lowest BCUT2D eigenvalue weighted by Gasteiger charge is -2.19. The number of anilines is 3. The number of nitrogens with zero attached hydrogens (tertiary/aromatic N) is 1. The van der Waals surface area contributed by atoms with Crippen LogP contribution >= 0.6 is 11.6 Å². The number of benzene rings is 2. The third kappa shape index (κ3) is 5.30. The highest BCUT2D eigenvalue weighted by atomic mass is 35.5. The average molecular weight is 536 g/mol. The van der Waals surface area contributed by atoms with E-state index in [-0.39, 0.29) is 39.3 Å². The minimum atomic E-state index is -3.88. The van der Waals surface area contributed by atoms with Gasteiger partial charge in [0.1, 0.15) is 33.7 Å². The van der Waals surface area contributed by atoms with Crippen LogP contribution in [0.15, 0.2) is 47.3 Å². The Labute approximate surface area is 211 Å². The van der Waals surface area contributed by atoms with Gasteiger partial charge in [0.2, 0.25) is 0 Å². The fourth-order valence-corrected chi connectivity index (χ4v) is 4.38. The molecule has 5 N–H and O–H groups in total. The van der Waals surface area contributed by atoms with E-state index < -0.39 is 27.5 Å². The molecule has 1 aliphatic rings. The van der Waals surface area contributed by atoms with Crippen LogP contribution in [0.3, 0.4) is 0 Å². The number of carbonyl (C=O) groups excluding carboxylic acids is 1. The molecule has 0 radical (unpaired) electrons. The van der Waals surface area contributed by atoms with Crippen molar-refractivity contribution >= 4 is 44.9 Å². The summed E-state index contributed by atoms with van der Waals surface area (Å²) in [5.41, 5.74) is 5.70. The molecule has 1 heterocycles. The first-order valence-corrected chi connectivity index (χ1v) is 12.6. The summed E-state index contributed by atoms with van der Waals surface area (Å²) in [5, 5.41) is 2.65. The molecule has 4 rings (SSSR count). The number of carbonyl (C=O) groups is 1. The predicted molar refractivity (Wildman–Crippen MR) is 135 cm³/mol. The molecule has 0 spiro atoms. The molecule has 10 nitrogen and oxygen atoms in total. The number of aromatic nitrogens is 1. The lowest BCUT2D eigenvalue weighted by atomic mass is 10.1. The first-order chi connectivity index (χ1) is 17.0. The van der Waals surface area contributed by atoms with Crippen LogP contribution in [0.25, 0.3) is 0 Å². The molecule has 1 fully saturated rings. The van der Waals surface area contributed by atoms with Crippen molar-refractivity contribution in [1.82, 2.24) is 9.29 Å². The monoisotopic (exact) mass is 535 g/mol. The topological polar surface area (TPSA) is 145 Å². The van der Waals surface area contributed by atoms with Crippen LogP contribution in [-0.4, -0.2) is 25.9 Å². The smallest absolute Gasteiger partial charge is 0.298 e. The second kappa shape index (κ2) is 9.80. The summed E-state index contributed by atoms with van der Waals surface area (Å²) >= 11 is 6.32. The Hall–Kier alpha value is -3.61. The van der Waals surface area contributed by atoms with Crippen molar-refractivity contribution in [3.63, 3.8) is 0 Å². The van der Waals surface area contributed by atoms with Gasteiger partial charge in [-0.3, -0.25) is 18.9 Å². The molecule has 0 atom stereocenters. The Kier molecular flexibility index (Phi) is 6.94. The van der Waals surface area contributed by atoms with Crippen LogP contribution in [0.1, 0.15) is 34.7 Å². The van der Waals surface area contributed by atoms with Crippen molar-refractivity contribution in [3.8, 4) is 11.5 Å². The number of rotatable bonds is 9. The molecular weight excluding hydrogens is 513 g/mol. The van der Waals surface area contributed by atoms with Gasteiger partial charge >= 0.3 is 0 Å². The van der Waals surface area contributed by atoms with Gasteiger partial charge in [0.15, 0.2) is 0 Å². The van der Waals surface area contributed by atoms with E-state index in [0.29, 0.717) is 5.92 Å². The van der Waals surface area contributed by atoms with Gasteiger partial charge in [0.05, 0.1) is 11.4 Å². The van der Waals surface area contributed by atoms with E-state index in [2.05, 4.69) is 14.8 Å². The molecule has 0 aliphatic heterocycles. The number of primary amides is 1. The zero-order valence-corrected chi connectivity index (χ0v) is 20.8. The third-order valence-corrected chi connectivity index (χ3v) is 7.06. The second-order valence-corrected chi connectivity index (χ2v) is 10.2. The van der Waals surface area contributed by atoms with Gasteiger partial charge in [-0.1, -0.05) is 23.7 Å². The molecule has 36 heavy (non-hydrogen) atoms. The third-order valence-electron chi connectivity index (χ3n) is 5.64. The standard InChI is InChI=1S/C23H23ClFN5O5S/c1-27-36(33,34)29-16-4-3-5-17(21(16)24)35-18-11-19(31)30(2)23(20(18)22(26)32)28-15-9-8-13(10-14(15)25)12-6-7-12/h3-5,8-12,27-29H,6-7H2,1-2H3,(H2,26,32). The van der Waals surface area contributed by atoms with Crippen LogP contribution in [0, 0.1) is 5.82 Å². The number of halogens is 2. The maximum atomic E-state index is 14.8. The van der Waals surface area contributed by atoms with Gasteiger partial charge in [-0.25, -0.2) is 9.11 Å². The van der Waals surface area contributed by atoms with E-state index in [0.717, 1.165) is 29.0 Å². The van der Waals surface area contributed by atoms with Crippen LogP contribution in [0.2, 0.25) is 5.02 Å². The van der Waals surface area contributed by atoms with E-state index in [1.165, 1.54) is 44.4 Å². The quantitative estimate of drug-likeness (QED) is 0.330. The Morgan fingerprint density at radius 2 is 1.89 bits per heavy atom. The maximum absolute atomic E-state index is 14.8. The fourth-order valence-electron chi connectivity index (χ4n) is 3.55. The number of nitrogens with two attached hydrogens (primary N) is 1. The summed E-state index contributed by atoms with van der Waals surface area (Å²) in [6.45, 7) is 0. The lowest BCUT2D eigenvalue weighted by Crippen LogP contribution is -2.26. The number of hydrogen-bond acceptors (Lipinski definition) is 6. The van der Waals surface area contributed by atoms with Crippen LogP contribution < -0.4 is 30.8 Å². The van der Waals surface area contributed by atoms with Crippen molar-refractivity contribution < 1.29 is 22.3 Å². The molecule has 1 aromatic heterocycles. The molecular formula is C23H23ClFN5O5S. The highest BCUT2D eigenvalue weighted by Gasteiger charge is 2.26. The van der Waals surface area contributed by atoms with E-state index in [4.69, 9.17) is 22.1 Å². The molecule has 1 saturated carbocycles. The van der Waals surface area contributed by atoms with Gasteiger partial charge in [0, 0.05) is 20.2 Å². The molecule has 2 aromatic carbocycles. The first kappa shape index (κ1) is 25.5. The summed E-state index contributed by atoms with van der Waals surface area (Å²) < 4.78 is 49.7. The summed E-state index contributed by atoms with van der Waals surface area (Å²) in [5.74, 6) is -1.57. The second-order valence-electron chi connectivity index (χ2n) is 8.16. The van der Waals surface area contributed by atoms with Crippen molar-refractivity contribution in [3.05, 3.63) is 74.8 Å². The first-order valence-electron chi connectivity index (χ1n) is 10.8. The lowest BCUT2D eigenvalue weighted by molar-refractivity contribution is 0.0998. The van der Waals surface area contributed by atoms with Crippen LogP contribution in [0.4, 0.5) is 21.6 Å². The minimum absolute atomic E-state index is 0.0100. The number of hydrogen-bond donors (Lipinski definition) is 4. The molecule has 0 bridgehead atoms. The Morgan fingerprint density at radius 3 is 2.50 bits per heavy atom. The SMILES string of the molecule is CNS(=O)(=O)Nc1cccc(Oc2cc(=O)n(C)c(Nc3ccc(C4CC4)cc3F)c2C(N)=O)c1Cl. The molecule has 3 aromatic rings. The normalized spacial score (nSPS) is 13.3. The molecule has 1 amide bonds. The zero-order valence-electron chi connectivity index (χ0n) is 19.3. The largest absolute Gasteiger partial charge is 0.455 e. The van der Waals surface area contributed by atoms with Gasteiger partial charge in [-0.05, 0) is 48.6 Å². The van der Waals surface area contributed by atoms with Crippen LogP contribution in [-0.2, 0) is 17.3 Å². The summed E-state index contributed by atoms with van der Waals surface area (Å²) in [6, 6.07) is 10.0. The fraction of sp³-hybridized carbons (Fsp3) is 0.217. The predicted octanol–water partition coefficient (Wildman–Crippen LogP) is 3.57. The summed E-state index contributed by atoms with van der Waals surface area (Å²) in [4.78, 5) is 25.2. The molecule has 1 aliphatic carbocycles. The van der Waals surface area contributed by atoms with Gasteiger partial charge in [0.25, 0.3) is 21.7 Å². The number of ether oxygens (including phenoxy) is 1. The van der Waals surface area contributed by atoms with Gasteiger partial charge in [-0.15, -0.1) is 0 Å². The maximum Gasteiger partial charge on any atom is 0.298 e. The molecule has 190 valence electrons. The summed E-state index contributed by atoms with van der Waals surface area (Å²) in [7, 11) is -1.28. The van der Waals surface area contributed by atoms with Gasteiger partial charge < -0.3 is 15.8 Å². The van der Waals surface area contributed by atoms with Gasteiger partial charge in [-0.2, -0.15) is 8.42 Å². The molecule has 0 unspecified atom stereocenters. The number of amides is 1. The molecule has 13 heteroatoms. The highest BCUT2D eigenvalue weighted by Crippen LogP contribution is 2.41. The number of nitrogens with one attached hydrogen (secondary N) is 3. The average Bonchev–Trinajstić information content (AvgIpc) is 3.66. The van der Waals surface area contributed by atoms with Crippen LogP contribution in [0.5, 0.6) is 11.5 Å². The molecule has 0 saturated heterocycles. The highest BCUT2D eigenvalue weighted by molar-refractivity contribution is 7.90. The Morgan fingerprint density at radius 1 is 1.17 bits per heavy atom. The van der Waals surface area contributed by atoms with E-state index in [1.54, 1.807) is 6.07 Å². The number of pyridine rings is 1. The van der Waals surface area contributed by atoms with E-state index in [9.17, 15) is 22.4 Å². The van der Waals surface area contributed by atoms with E-state index in [1.807, 2.05) is 0 Å². The zero-order chi connectivity index (χ0) is 26.2. The van der Waals surface area contributed by atoms with Crippen molar-refractivity contribution in [2.24, 2.45) is 12.8 Å². The van der Waals surface area contributed by atoms with Crippen molar-refractivity contribution in [1.29, 1.82) is 0 Å². The van der Waals surface area contributed by atoms with Crippen molar-refractivity contribution in [2.75, 3.05) is 17.1 Å². The Balaban J connectivity index is 1.75. The van der Waals surface area contributed by atoms with E-state index >= 15 is 0 Å². The van der Waals surface area contributed by atoms with Crippen molar-refractivity contribution in [2.45, 2.75) is 18.8 Å².